The van der Waals surface area contributed by atoms with Crippen LogP contribution in [0.25, 0.3) is 5.70 Å². The molecule has 3 aromatic rings. The van der Waals surface area contributed by atoms with Gasteiger partial charge in [0.2, 0.25) is 0 Å². The fraction of sp³-hybridized carbons (Fsp3) is 0.510. The molecule has 3 aliphatic rings. The van der Waals surface area contributed by atoms with E-state index in [4.69, 9.17) is 20.2 Å². The lowest BCUT2D eigenvalue weighted by atomic mass is 9.77. The lowest BCUT2D eigenvalue weighted by molar-refractivity contribution is -0.220. The minimum Gasteiger partial charge on any atom is -0.444 e. The van der Waals surface area contributed by atoms with Crippen molar-refractivity contribution in [2.45, 2.75) is 115 Å². The first-order valence-corrected chi connectivity index (χ1v) is 22.4. The summed E-state index contributed by atoms with van der Waals surface area (Å²) in [5, 5.41) is 16.4. The van der Waals surface area contributed by atoms with Crippen LogP contribution in [0.2, 0.25) is 0 Å². The molecule has 3 fully saturated rings. The highest BCUT2D eigenvalue weighted by atomic mass is 19.4. The number of allylic oxidation sites excluding steroid dienone is 1. The maximum Gasteiger partial charge on any atom is 0.408 e. The van der Waals surface area contributed by atoms with Crippen LogP contribution in [-0.4, -0.2) is 115 Å². The number of aliphatic hydroxyl groups excluding tert-OH is 1. The molecular weight excluding hydrogens is 900 g/mol. The van der Waals surface area contributed by atoms with E-state index in [1.807, 2.05) is 12.1 Å². The lowest BCUT2D eigenvalue weighted by Gasteiger charge is -2.47. The van der Waals surface area contributed by atoms with Crippen molar-refractivity contribution in [3.05, 3.63) is 100 Å². The molecule has 19 heteroatoms. The van der Waals surface area contributed by atoms with E-state index in [2.05, 4.69) is 37.3 Å². The highest BCUT2D eigenvalue weighted by Gasteiger charge is 2.56. The van der Waals surface area contributed by atoms with Gasteiger partial charge < -0.3 is 35.8 Å². The third-order valence-corrected chi connectivity index (χ3v) is 12.5. The molecule has 5 atom stereocenters. The van der Waals surface area contributed by atoms with Crippen LogP contribution in [0.1, 0.15) is 81.7 Å². The van der Waals surface area contributed by atoms with Gasteiger partial charge in [-0.05, 0) is 108 Å². The molecule has 2 unspecified atom stereocenters. The number of rotatable bonds is 17. The SMILES string of the molecule is CC(C)(C)OC(=O)N[C@H](C(=O)C[C@@H](Cc1ccc(C#Cc2ccc(N3CC4CCC(C3)N4C3COC3)nc2)cc1)[C@@H](O)CNCc1c(F)cc(C(N)=CC=NC(F)F)cc1F)C(C)(C)C(F)(F)F. The zero-order chi connectivity index (χ0) is 49.6. The highest BCUT2D eigenvalue weighted by Crippen LogP contribution is 2.42. The van der Waals surface area contributed by atoms with Crippen LogP contribution in [-0.2, 0) is 27.2 Å². The number of fused-ring (bicyclic) bond motifs is 2. The Hall–Kier alpha value is -5.55. The topological polar surface area (TPSA) is 155 Å². The monoisotopic (exact) mass is 957 g/mol. The third kappa shape index (κ3) is 13.4. The third-order valence-electron chi connectivity index (χ3n) is 12.5. The molecule has 0 radical (unpaired) electrons. The summed E-state index contributed by atoms with van der Waals surface area (Å²) in [6, 6.07) is 11.9. The number of amides is 1. The molecule has 1 amide bonds. The Kier molecular flexibility index (Phi) is 16.6. The van der Waals surface area contributed by atoms with Crippen molar-refractivity contribution in [1.29, 1.82) is 0 Å². The molecule has 4 heterocycles. The molecule has 1 aromatic heterocycles. The van der Waals surface area contributed by atoms with Crippen LogP contribution in [0.4, 0.5) is 41.3 Å². The number of pyridine rings is 1. The second-order valence-corrected chi connectivity index (χ2v) is 19.0. The molecule has 2 bridgehead atoms. The number of hydrogen-bond acceptors (Lipinski definition) is 11. The molecule has 3 aliphatic heterocycles. The summed E-state index contributed by atoms with van der Waals surface area (Å²) >= 11 is 0. The quantitative estimate of drug-likeness (QED) is 0.0475. The number of nitrogens with two attached hydrogens (primary N) is 1. The summed E-state index contributed by atoms with van der Waals surface area (Å²) in [5.41, 5.74) is 2.97. The molecule has 0 aliphatic carbocycles. The minimum absolute atomic E-state index is 0.0401. The van der Waals surface area contributed by atoms with Gasteiger partial charge in [-0.15, -0.1) is 0 Å². The van der Waals surface area contributed by atoms with Crippen molar-refractivity contribution in [1.82, 2.24) is 20.5 Å². The number of ether oxygens (including phenoxy) is 2. The zero-order valence-corrected chi connectivity index (χ0v) is 38.6. The number of ketones is 1. The molecule has 68 heavy (non-hydrogen) atoms. The number of hydrogen-bond donors (Lipinski definition) is 4. The van der Waals surface area contributed by atoms with Gasteiger partial charge in [-0.1, -0.05) is 24.0 Å². The van der Waals surface area contributed by atoms with Crippen molar-refractivity contribution in [2.75, 3.05) is 37.7 Å². The number of piperazine rings is 1. The number of aromatic nitrogens is 1. The summed E-state index contributed by atoms with van der Waals surface area (Å²) in [6.07, 6.45) is -2.66. The number of alkyl carbamates (subject to hydrolysis) is 1. The standard InChI is InChI=1S/C49H58F7N7O5/c1-47(2,3)68-46(66)61-44(48(4,5)49(54,55)56)41(64)21-33(42(65)24-58-23-37-38(50)19-32(20-39(37)51)40(57)16-17-59-45(52)53)18-30-9-6-29(7-10-30)8-11-31-12-15-43(60-22-31)62-25-34-13-14-35(26-62)63(34)36-27-67-28-36/h6-7,9-10,12,15-17,19-20,22,33-36,42,44-45,58,65H,13-14,18,21,23-28,57H2,1-5H3,(H,61,66)/t33-,34?,35?,42+,44-/m1/s1. The minimum atomic E-state index is -4.96. The number of aliphatic imine (C=N–C) groups is 1. The van der Waals surface area contributed by atoms with Gasteiger partial charge in [-0.3, -0.25) is 9.69 Å². The van der Waals surface area contributed by atoms with Gasteiger partial charge >= 0.3 is 18.8 Å². The van der Waals surface area contributed by atoms with E-state index in [1.54, 1.807) is 30.5 Å². The van der Waals surface area contributed by atoms with E-state index < -0.39 is 83.8 Å². The van der Waals surface area contributed by atoms with Gasteiger partial charge in [0.25, 0.3) is 0 Å². The number of nitrogens with zero attached hydrogens (tertiary/aromatic N) is 4. The predicted molar refractivity (Wildman–Crippen MR) is 243 cm³/mol. The molecule has 12 nitrogen and oxygen atoms in total. The van der Waals surface area contributed by atoms with Gasteiger partial charge in [0, 0.05) is 85.0 Å². The van der Waals surface area contributed by atoms with E-state index in [9.17, 15) is 36.6 Å². The largest absolute Gasteiger partial charge is 0.444 e. The number of benzene rings is 2. The molecule has 5 N–H and O–H groups in total. The number of aliphatic hydroxyl groups is 1. The Morgan fingerprint density at radius 1 is 0.971 bits per heavy atom. The van der Waals surface area contributed by atoms with Gasteiger partial charge in [0.15, 0.2) is 5.78 Å². The Balaban J connectivity index is 1.16. The molecule has 6 rings (SSSR count). The van der Waals surface area contributed by atoms with Crippen LogP contribution < -0.4 is 21.3 Å². The maximum absolute atomic E-state index is 15.1. The van der Waals surface area contributed by atoms with Gasteiger partial charge in [0.05, 0.1) is 30.8 Å². The normalized spacial score (nSPS) is 19.6. The number of carbonyl (C=O) groups is 2. The van der Waals surface area contributed by atoms with Gasteiger partial charge in [-0.25, -0.2) is 23.6 Å². The van der Waals surface area contributed by atoms with Crippen molar-refractivity contribution in [3.8, 4) is 11.8 Å². The molecule has 2 aromatic carbocycles. The number of carbonyl (C=O) groups excluding carboxylic acids is 2. The van der Waals surface area contributed by atoms with Crippen LogP contribution in [0, 0.1) is 34.8 Å². The number of Topliss-reactive ketones (excluding diaryl/α,β-unsaturated/α-hetero) is 1. The van der Waals surface area contributed by atoms with E-state index in [1.165, 1.54) is 20.8 Å². The first-order valence-electron chi connectivity index (χ1n) is 22.4. The number of halogens is 7. The smallest absolute Gasteiger partial charge is 0.408 e. The molecule has 0 spiro atoms. The maximum atomic E-state index is 15.1. The van der Waals surface area contributed by atoms with Crippen molar-refractivity contribution >= 4 is 29.6 Å². The summed E-state index contributed by atoms with van der Waals surface area (Å²) in [6.45, 7) is 5.64. The first kappa shape index (κ1) is 51.8. The Bertz CT molecular complexity index is 2320. The molecule has 368 valence electrons. The van der Waals surface area contributed by atoms with E-state index in [0.29, 0.717) is 41.0 Å². The Morgan fingerprint density at radius 3 is 2.13 bits per heavy atom. The van der Waals surface area contributed by atoms with Gasteiger partial charge in [-0.2, -0.15) is 22.0 Å². The van der Waals surface area contributed by atoms with Crippen LogP contribution in [0.3, 0.4) is 0 Å². The summed E-state index contributed by atoms with van der Waals surface area (Å²) in [5.74, 6) is 2.91. The fourth-order valence-electron chi connectivity index (χ4n) is 8.64. The second kappa shape index (κ2) is 21.8. The fourth-order valence-corrected chi connectivity index (χ4v) is 8.64. The van der Waals surface area contributed by atoms with Gasteiger partial charge in [0.1, 0.15) is 29.1 Å². The average Bonchev–Trinajstić information content (AvgIpc) is 3.46. The van der Waals surface area contributed by atoms with Crippen molar-refractivity contribution in [3.63, 3.8) is 0 Å². The summed E-state index contributed by atoms with van der Waals surface area (Å²) in [4.78, 5) is 39.3. The van der Waals surface area contributed by atoms with E-state index in [0.717, 1.165) is 77.0 Å². The summed E-state index contributed by atoms with van der Waals surface area (Å²) < 4.78 is 109. The van der Waals surface area contributed by atoms with Crippen LogP contribution in [0.5, 0.6) is 0 Å². The highest BCUT2D eigenvalue weighted by molar-refractivity contribution is 5.88. The lowest BCUT2D eigenvalue weighted by Crippen LogP contribution is -2.62. The van der Waals surface area contributed by atoms with Crippen LogP contribution in [0.15, 0.2) is 65.8 Å². The molecular formula is C49H58F7N7O5. The second-order valence-electron chi connectivity index (χ2n) is 19.0. The molecule has 0 saturated carbocycles. The summed E-state index contributed by atoms with van der Waals surface area (Å²) in [7, 11) is 0. The first-order chi connectivity index (χ1) is 32.0. The van der Waals surface area contributed by atoms with E-state index in [-0.39, 0.29) is 24.2 Å². The van der Waals surface area contributed by atoms with Crippen molar-refractivity contribution in [2.24, 2.45) is 22.1 Å². The number of nitrogens with one attached hydrogen (secondary N) is 2. The van der Waals surface area contributed by atoms with Crippen LogP contribution >= 0.6 is 0 Å². The zero-order valence-electron chi connectivity index (χ0n) is 38.6. The number of alkyl halides is 5. The van der Waals surface area contributed by atoms with Crippen molar-refractivity contribution < 1.29 is 54.9 Å². The van der Waals surface area contributed by atoms with E-state index >= 15 is 8.78 Å². The molecule has 3 saturated heterocycles. The Morgan fingerprint density at radius 2 is 1.59 bits per heavy atom. The average molecular weight is 958 g/mol. The predicted octanol–water partition coefficient (Wildman–Crippen LogP) is 7.15. The number of anilines is 1. The Labute approximate surface area is 391 Å².